The molecule has 3 aromatic carbocycles. The number of sulfonamides is 1. The van der Waals surface area contributed by atoms with Crippen LogP contribution >= 0.6 is 0 Å². The molecule has 5 rings (SSSR count). The molecule has 1 amide bonds. The fourth-order valence-corrected chi connectivity index (χ4v) is 4.63. The highest BCUT2D eigenvalue weighted by Crippen LogP contribution is 2.51. The normalized spacial score (nSPS) is 16.1. The highest BCUT2D eigenvalue weighted by atomic mass is 32.2. The van der Waals surface area contributed by atoms with Crippen molar-refractivity contribution in [3.8, 4) is 22.6 Å². The van der Waals surface area contributed by atoms with E-state index >= 15 is 0 Å². The minimum absolute atomic E-state index is 0.0496. The Kier molecular flexibility index (Phi) is 5.29. The van der Waals surface area contributed by atoms with Crippen molar-refractivity contribution in [3.63, 3.8) is 0 Å². The van der Waals surface area contributed by atoms with Crippen LogP contribution in [0.3, 0.4) is 0 Å². The lowest BCUT2D eigenvalue weighted by Crippen LogP contribution is -2.28. The number of rotatable bonds is 5. The number of nitrogens with one attached hydrogen (secondary N) is 2. The van der Waals surface area contributed by atoms with Crippen LogP contribution in [0.4, 0.5) is 18.9 Å². The van der Waals surface area contributed by atoms with E-state index in [1.54, 1.807) is 18.2 Å². The van der Waals surface area contributed by atoms with Gasteiger partial charge in [0.25, 0.3) is 10.0 Å². The van der Waals surface area contributed by atoms with E-state index in [1.165, 1.54) is 24.3 Å². The summed E-state index contributed by atoms with van der Waals surface area (Å²) >= 11 is 0. The number of halogens is 3. The van der Waals surface area contributed by atoms with Crippen LogP contribution in [0.2, 0.25) is 0 Å². The van der Waals surface area contributed by atoms with Gasteiger partial charge in [0.1, 0.15) is 0 Å². The molecule has 0 saturated heterocycles. The quantitative estimate of drug-likeness (QED) is 0.541. The minimum atomic E-state index is -4.71. The van der Waals surface area contributed by atoms with Gasteiger partial charge in [-0.15, -0.1) is 5.14 Å². The number of fused-ring (bicyclic) bond motifs is 1. The van der Waals surface area contributed by atoms with Crippen molar-refractivity contribution in [2.75, 3.05) is 12.1 Å². The molecule has 7 nitrogen and oxygen atoms in total. The predicted molar refractivity (Wildman–Crippen MR) is 119 cm³/mol. The maximum atomic E-state index is 13.6. The van der Waals surface area contributed by atoms with E-state index in [9.17, 15) is 26.4 Å². The second-order valence-electron chi connectivity index (χ2n) is 8.43. The van der Waals surface area contributed by atoms with Gasteiger partial charge in [-0.3, -0.25) is 4.79 Å². The van der Waals surface area contributed by atoms with Gasteiger partial charge in [-0.25, -0.2) is 8.42 Å². The van der Waals surface area contributed by atoms with Crippen molar-refractivity contribution in [3.05, 3.63) is 71.8 Å². The molecule has 0 atom stereocenters. The first-order chi connectivity index (χ1) is 16.5. The molecule has 1 fully saturated rings. The van der Waals surface area contributed by atoms with Crippen molar-refractivity contribution >= 4 is 21.6 Å². The third-order valence-corrected chi connectivity index (χ3v) is 6.98. The van der Waals surface area contributed by atoms with E-state index in [0.717, 1.165) is 18.2 Å². The molecule has 2 N–H and O–H groups in total. The van der Waals surface area contributed by atoms with Crippen LogP contribution in [0.1, 0.15) is 24.0 Å². The summed E-state index contributed by atoms with van der Waals surface area (Å²) in [6.45, 7) is 0.0771. The number of benzene rings is 3. The zero-order chi connectivity index (χ0) is 25.0. The van der Waals surface area contributed by atoms with E-state index in [2.05, 4.69) is 5.32 Å². The van der Waals surface area contributed by atoms with Gasteiger partial charge in [0, 0.05) is 5.69 Å². The van der Waals surface area contributed by atoms with Gasteiger partial charge in [-0.1, -0.05) is 18.2 Å². The molecule has 1 radical (unpaired) electrons. The van der Waals surface area contributed by atoms with Crippen LogP contribution in [0.5, 0.6) is 11.5 Å². The monoisotopic (exact) mass is 503 g/mol. The molecular weight excluding hydrogens is 485 g/mol. The van der Waals surface area contributed by atoms with Gasteiger partial charge >= 0.3 is 6.18 Å². The Labute approximate surface area is 198 Å². The maximum Gasteiger partial charge on any atom is 0.416 e. The summed E-state index contributed by atoms with van der Waals surface area (Å²) in [7, 11) is -4.31. The number of anilines is 1. The Bertz CT molecular complexity index is 1450. The van der Waals surface area contributed by atoms with E-state index in [4.69, 9.17) is 14.6 Å². The summed E-state index contributed by atoms with van der Waals surface area (Å²) in [6.07, 6.45) is -3.66. The lowest BCUT2D eigenvalue weighted by molar-refractivity contribution is -0.137. The lowest BCUT2D eigenvalue weighted by atomic mass is 9.94. The van der Waals surface area contributed by atoms with E-state index in [-0.39, 0.29) is 28.5 Å². The number of hydrogen-bond acceptors (Lipinski definition) is 5. The second kappa shape index (κ2) is 7.99. The highest BCUT2D eigenvalue weighted by molar-refractivity contribution is 7.88. The maximum absolute atomic E-state index is 13.6. The molecule has 0 spiro atoms. The highest BCUT2D eigenvalue weighted by Gasteiger charge is 2.51. The molecule has 1 aliphatic heterocycles. The van der Waals surface area contributed by atoms with Crippen LogP contribution in [-0.4, -0.2) is 21.1 Å². The first-order valence-electron chi connectivity index (χ1n) is 10.5. The van der Waals surface area contributed by atoms with Crippen LogP contribution in [-0.2, 0) is 26.4 Å². The van der Waals surface area contributed by atoms with E-state index in [1.807, 2.05) is 0 Å². The van der Waals surface area contributed by atoms with Gasteiger partial charge in [0.2, 0.25) is 12.7 Å². The molecule has 181 valence electrons. The lowest BCUT2D eigenvalue weighted by Gasteiger charge is -2.18. The molecular formula is C24H18F3N2O5S. The topological polar surface area (TPSA) is 106 Å². The average molecular weight is 503 g/mol. The number of alkyl halides is 3. The summed E-state index contributed by atoms with van der Waals surface area (Å²) in [5, 5.41) is 9.84. The van der Waals surface area contributed by atoms with Crippen LogP contribution in [0, 0.1) is 0 Å². The molecule has 0 bridgehead atoms. The average Bonchev–Trinajstić information content (AvgIpc) is 3.49. The number of carbonyl (C=O) groups excluding carboxylic acids is 1. The molecule has 0 unspecified atom stereocenters. The third-order valence-electron chi connectivity index (χ3n) is 6.11. The third kappa shape index (κ3) is 4.44. The molecule has 1 aliphatic carbocycles. The van der Waals surface area contributed by atoms with Crippen molar-refractivity contribution < 1.29 is 35.9 Å². The molecule has 35 heavy (non-hydrogen) atoms. The first kappa shape index (κ1) is 23.2. The Morgan fingerprint density at radius 1 is 0.943 bits per heavy atom. The standard InChI is InChI=1S/C24H18F3N2O5S/c25-24(26,27)17-8-15(14-2-1-3-19(10-14)35(28,31)32)9-18(11-17)29-22(30)23(6-7-23)16-4-5-20-21(12-16)34-13-33-20/h1-5,8-12,28H,6-7,13H2,(H,29,30). The Hall–Kier alpha value is -3.57. The molecule has 1 saturated carbocycles. The predicted octanol–water partition coefficient (Wildman–Crippen LogP) is 4.74. The second-order valence-corrected chi connectivity index (χ2v) is 9.91. The molecule has 3 aromatic rings. The summed E-state index contributed by atoms with van der Waals surface area (Å²) in [5.41, 5.74) is -1.08. The summed E-state index contributed by atoms with van der Waals surface area (Å²) in [6, 6.07) is 13.3. The molecule has 1 heterocycles. The van der Waals surface area contributed by atoms with Crippen molar-refractivity contribution in [2.45, 2.75) is 29.3 Å². The van der Waals surface area contributed by atoms with Gasteiger partial charge in [0.15, 0.2) is 11.5 Å². The number of carbonyl (C=O) groups is 1. The van der Waals surface area contributed by atoms with Gasteiger partial charge in [0.05, 0.1) is 15.9 Å². The molecule has 11 heteroatoms. The SMILES string of the molecule is [NH]S(=O)(=O)c1cccc(-c2cc(NC(=O)C3(c4ccc5c(c4)OCO5)CC3)cc(C(F)(F)F)c2)c1. The molecule has 2 aliphatic rings. The van der Waals surface area contributed by atoms with Crippen LogP contribution in [0.15, 0.2) is 65.6 Å². The number of amides is 1. The van der Waals surface area contributed by atoms with E-state index < -0.39 is 33.1 Å². The van der Waals surface area contributed by atoms with Crippen molar-refractivity contribution in [1.82, 2.24) is 5.14 Å². The largest absolute Gasteiger partial charge is 0.454 e. The zero-order valence-electron chi connectivity index (χ0n) is 18.0. The summed E-state index contributed by atoms with van der Waals surface area (Å²) in [5.74, 6) is 0.612. The van der Waals surface area contributed by atoms with Crippen LogP contribution in [0.25, 0.3) is 11.1 Å². The van der Waals surface area contributed by atoms with Crippen LogP contribution < -0.4 is 19.9 Å². The van der Waals surface area contributed by atoms with Gasteiger partial charge in [-0.05, 0) is 72.0 Å². The van der Waals surface area contributed by atoms with Gasteiger partial charge in [-0.2, -0.15) is 13.2 Å². The summed E-state index contributed by atoms with van der Waals surface area (Å²) in [4.78, 5) is 12.9. The summed E-state index contributed by atoms with van der Waals surface area (Å²) < 4.78 is 74.8. The van der Waals surface area contributed by atoms with E-state index in [0.29, 0.717) is 29.9 Å². The molecule has 0 aromatic heterocycles. The smallest absolute Gasteiger partial charge is 0.416 e. The number of hydrogen-bond donors (Lipinski definition) is 1. The Balaban J connectivity index is 1.50. The number of ether oxygens (including phenoxy) is 2. The van der Waals surface area contributed by atoms with Crippen molar-refractivity contribution in [2.24, 2.45) is 0 Å². The zero-order valence-corrected chi connectivity index (χ0v) is 18.8. The van der Waals surface area contributed by atoms with Gasteiger partial charge < -0.3 is 14.8 Å². The minimum Gasteiger partial charge on any atom is -0.454 e. The fraction of sp³-hybridized carbons (Fsp3) is 0.208. The first-order valence-corrected chi connectivity index (χ1v) is 12.0. The Morgan fingerprint density at radius 2 is 1.69 bits per heavy atom. The van der Waals surface area contributed by atoms with Crippen molar-refractivity contribution in [1.29, 1.82) is 0 Å². The fourth-order valence-electron chi connectivity index (χ4n) is 4.09. The Morgan fingerprint density at radius 3 is 2.37 bits per heavy atom.